The van der Waals surface area contributed by atoms with Crippen molar-refractivity contribution in [3.63, 3.8) is 0 Å². The summed E-state index contributed by atoms with van der Waals surface area (Å²) >= 11 is 5.70. The SMILES string of the molecule is O=C(O)CC(=O)CCc1ccc(Cl)cc1. The predicted octanol–water partition coefficient (Wildman–Crippen LogP) is 2.32. The van der Waals surface area contributed by atoms with E-state index in [0.717, 1.165) is 5.56 Å². The number of carboxylic acid groups (broad SMARTS) is 1. The molecule has 0 aliphatic heterocycles. The highest BCUT2D eigenvalue weighted by atomic mass is 35.5. The lowest BCUT2D eigenvalue weighted by molar-refractivity contribution is -0.140. The van der Waals surface area contributed by atoms with Crippen molar-refractivity contribution in [1.82, 2.24) is 0 Å². The number of aliphatic carboxylic acids is 1. The second-order valence-electron chi connectivity index (χ2n) is 3.24. The zero-order valence-corrected chi connectivity index (χ0v) is 8.83. The van der Waals surface area contributed by atoms with E-state index in [1.165, 1.54) is 0 Å². The molecule has 0 saturated carbocycles. The van der Waals surface area contributed by atoms with Crippen molar-refractivity contribution in [3.05, 3.63) is 34.9 Å². The van der Waals surface area contributed by atoms with E-state index in [1.54, 1.807) is 12.1 Å². The van der Waals surface area contributed by atoms with Gasteiger partial charge in [0.15, 0.2) is 0 Å². The molecule has 0 aromatic heterocycles. The number of benzene rings is 1. The molecular weight excluding hydrogens is 216 g/mol. The number of halogens is 1. The zero-order valence-electron chi connectivity index (χ0n) is 8.07. The number of hydrogen-bond acceptors (Lipinski definition) is 2. The molecule has 1 N–H and O–H groups in total. The van der Waals surface area contributed by atoms with E-state index < -0.39 is 12.4 Å². The third-order valence-electron chi connectivity index (χ3n) is 1.95. The zero-order chi connectivity index (χ0) is 11.3. The van der Waals surface area contributed by atoms with Crippen LogP contribution in [-0.4, -0.2) is 16.9 Å². The Morgan fingerprint density at radius 1 is 1.20 bits per heavy atom. The molecule has 0 unspecified atom stereocenters. The van der Waals surface area contributed by atoms with Crippen molar-refractivity contribution in [3.8, 4) is 0 Å². The van der Waals surface area contributed by atoms with Crippen LogP contribution in [-0.2, 0) is 16.0 Å². The van der Waals surface area contributed by atoms with Gasteiger partial charge in [0.05, 0.1) is 0 Å². The fraction of sp³-hybridized carbons (Fsp3) is 0.273. The smallest absolute Gasteiger partial charge is 0.310 e. The lowest BCUT2D eigenvalue weighted by atomic mass is 10.1. The Bertz CT molecular complexity index is 357. The van der Waals surface area contributed by atoms with Gasteiger partial charge < -0.3 is 5.11 Å². The standard InChI is InChI=1S/C11H11ClO3/c12-9-4-1-8(2-5-9)3-6-10(13)7-11(14)15/h1-2,4-5H,3,6-7H2,(H,14,15). The average molecular weight is 227 g/mol. The molecule has 0 fully saturated rings. The molecule has 15 heavy (non-hydrogen) atoms. The summed E-state index contributed by atoms with van der Waals surface area (Å²) in [4.78, 5) is 21.3. The molecule has 0 heterocycles. The van der Waals surface area contributed by atoms with Crippen LogP contribution >= 0.6 is 11.6 Å². The van der Waals surface area contributed by atoms with Crippen molar-refractivity contribution >= 4 is 23.4 Å². The summed E-state index contributed by atoms with van der Waals surface area (Å²) in [5.41, 5.74) is 0.984. The van der Waals surface area contributed by atoms with Crippen molar-refractivity contribution in [1.29, 1.82) is 0 Å². The Hall–Kier alpha value is -1.35. The van der Waals surface area contributed by atoms with Gasteiger partial charge in [-0.15, -0.1) is 0 Å². The topological polar surface area (TPSA) is 54.4 Å². The largest absolute Gasteiger partial charge is 0.481 e. The third kappa shape index (κ3) is 4.61. The Morgan fingerprint density at radius 3 is 2.33 bits per heavy atom. The van der Waals surface area contributed by atoms with Crippen LogP contribution in [0.3, 0.4) is 0 Å². The highest BCUT2D eigenvalue weighted by Gasteiger charge is 2.07. The van der Waals surface area contributed by atoms with Crippen molar-refractivity contribution < 1.29 is 14.7 Å². The molecule has 0 bridgehead atoms. The molecule has 0 spiro atoms. The summed E-state index contributed by atoms with van der Waals surface area (Å²) in [6, 6.07) is 7.16. The summed E-state index contributed by atoms with van der Waals surface area (Å²) in [6.07, 6.45) is 0.421. The number of aryl methyl sites for hydroxylation is 1. The first-order valence-corrected chi connectivity index (χ1v) is 4.93. The number of carboxylic acids is 1. The Balaban J connectivity index is 2.40. The van der Waals surface area contributed by atoms with Crippen LogP contribution < -0.4 is 0 Å². The molecule has 1 aromatic carbocycles. The Morgan fingerprint density at radius 2 is 1.80 bits per heavy atom. The molecule has 3 nitrogen and oxygen atoms in total. The average Bonchev–Trinajstić information content (AvgIpc) is 2.16. The number of hydrogen-bond donors (Lipinski definition) is 1. The maximum atomic E-state index is 11.1. The summed E-state index contributed by atoms with van der Waals surface area (Å²) < 4.78 is 0. The first-order valence-electron chi connectivity index (χ1n) is 4.56. The van der Waals surface area contributed by atoms with E-state index in [0.29, 0.717) is 11.4 Å². The number of ketones is 1. The fourth-order valence-electron chi connectivity index (χ4n) is 1.19. The van der Waals surface area contributed by atoms with Crippen LogP contribution in [0.1, 0.15) is 18.4 Å². The molecule has 0 atom stereocenters. The molecule has 0 saturated heterocycles. The first kappa shape index (κ1) is 11.7. The number of Topliss-reactive ketones (excluding diaryl/α,β-unsaturated/α-hetero) is 1. The minimum absolute atomic E-state index is 0.252. The van der Waals surface area contributed by atoms with Gasteiger partial charge in [-0.25, -0.2) is 0 Å². The summed E-state index contributed by atoms with van der Waals surface area (Å²) in [5, 5.41) is 9.03. The molecule has 0 radical (unpaired) electrons. The first-order chi connectivity index (χ1) is 7.08. The highest BCUT2D eigenvalue weighted by Crippen LogP contribution is 2.11. The summed E-state index contributed by atoms with van der Waals surface area (Å²) in [6.45, 7) is 0. The lowest BCUT2D eigenvalue weighted by Gasteiger charge is -1.99. The second kappa shape index (κ2) is 5.51. The quantitative estimate of drug-likeness (QED) is 0.784. The predicted molar refractivity (Wildman–Crippen MR) is 57.0 cm³/mol. The number of rotatable bonds is 5. The maximum Gasteiger partial charge on any atom is 0.310 e. The monoisotopic (exact) mass is 226 g/mol. The van der Waals surface area contributed by atoms with Gasteiger partial charge in [-0.05, 0) is 24.1 Å². The maximum absolute atomic E-state index is 11.1. The van der Waals surface area contributed by atoms with E-state index >= 15 is 0 Å². The summed E-state index contributed by atoms with van der Waals surface area (Å²) in [7, 11) is 0. The molecule has 4 heteroatoms. The van der Waals surface area contributed by atoms with Crippen molar-refractivity contribution in [2.24, 2.45) is 0 Å². The molecule has 0 amide bonds. The van der Waals surface area contributed by atoms with E-state index in [-0.39, 0.29) is 12.2 Å². The van der Waals surface area contributed by atoms with Crippen molar-refractivity contribution in [2.45, 2.75) is 19.3 Å². The minimum atomic E-state index is -1.07. The van der Waals surface area contributed by atoms with Gasteiger partial charge in [-0.3, -0.25) is 9.59 Å². The van der Waals surface area contributed by atoms with Gasteiger partial charge in [0, 0.05) is 11.4 Å². The van der Waals surface area contributed by atoms with E-state index in [4.69, 9.17) is 16.7 Å². The minimum Gasteiger partial charge on any atom is -0.481 e. The Labute approximate surface area is 92.7 Å². The molecular formula is C11H11ClO3. The fourth-order valence-corrected chi connectivity index (χ4v) is 1.32. The van der Waals surface area contributed by atoms with Gasteiger partial charge in [0.1, 0.15) is 12.2 Å². The molecule has 1 rings (SSSR count). The molecule has 1 aromatic rings. The van der Waals surface area contributed by atoms with Gasteiger partial charge in [-0.1, -0.05) is 23.7 Å². The van der Waals surface area contributed by atoms with E-state index in [1.807, 2.05) is 12.1 Å². The van der Waals surface area contributed by atoms with Gasteiger partial charge in [-0.2, -0.15) is 0 Å². The third-order valence-corrected chi connectivity index (χ3v) is 2.21. The normalized spacial score (nSPS) is 9.93. The van der Waals surface area contributed by atoms with E-state index in [9.17, 15) is 9.59 Å². The van der Waals surface area contributed by atoms with Gasteiger partial charge in [0.25, 0.3) is 0 Å². The molecule has 0 aliphatic carbocycles. The second-order valence-corrected chi connectivity index (χ2v) is 3.67. The summed E-state index contributed by atoms with van der Waals surface area (Å²) in [5.74, 6) is -1.33. The van der Waals surface area contributed by atoms with Gasteiger partial charge in [0.2, 0.25) is 0 Å². The Kier molecular flexibility index (Phi) is 4.31. The van der Waals surface area contributed by atoms with Crippen LogP contribution in [0.2, 0.25) is 5.02 Å². The van der Waals surface area contributed by atoms with E-state index in [2.05, 4.69) is 0 Å². The van der Waals surface area contributed by atoms with Gasteiger partial charge >= 0.3 is 5.97 Å². The van der Waals surface area contributed by atoms with Crippen LogP contribution in [0.15, 0.2) is 24.3 Å². The van der Waals surface area contributed by atoms with Crippen LogP contribution in [0.5, 0.6) is 0 Å². The highest BCUT2D eigenvalue weighted by molar-refractivity contribution is 6.30. The van der Waals surface area contributed by atoms with Crippen molar-refractivity contribution in [2.75, 3.05) is 0 Å². The lowest BCUT2D eigenvalue weighted by Crippen LogP contribution is -2.07. The molecule has 80 valence electrons. The van der Waals surface area contributed by atoms with Crippen LogP contribution in [0.25, 0.3) is 0 Å². The van der Waals surface area contributed by atoms with Crippen LogP contribution in [0.4, 0.5) is 0 Å². The number of carbonyl (C=O) groups is 2. The number of carbonyl (C=O) groups excluding carboxylic acids is 1. The molecule has 0 aliphatic rings. The van der Waals surface area contributed by atoms with Crippen LogP contribution in [0, 0.1) is 0 Å².